The van der Waals surface area contributed by atoms with Crippen LogP contribution in [0.3, 0.4) is 0 Å². The van der Waals surface area contributed by atoms with E-state index >= 15 is 0 Å². The van der Waals surface area contributed by atoms with Crippen LogP contribution >= 0.6 is 22.7 Å². The Morgan fingerprint density at radius 1 is 0.295 bits per heavy atom. The minimum absolute atomic E-state index is 1.24. The molecule has 0 radical (unpaired) electrons. The summed E-state index contributed by atoms with van der Waals surface area (Å²) in [5, 5.41) is 5.38. The van der Waals surface area contributed by atoms with E-state index in [1.54, 1.807) is 0 Å². The molecule has 0 aliphatic heterocycles. The van der Waals surface area contributed by atoms with Crippen molar-refractivity contribution < 1.29 is 0 Å². The van der Waals surface area contributed by atoms with Gasteiger partial charge in [-0.05, 0) is 75.3 Å². The Bertz CT molecular complexity index is 2470. The molecule has 2 aromatic heterocycles. The molecule has 0 aliphatic rings. The van der Waals surface area contributed by atoms with Crippen LogP contribution in [0.1, 0.15) is 0 Å². The quantitative estimate of drug-likeness (QED) is 0.190. The van der Waals surface area contributed by atoms with Gasteiger partial charge in [0.05, 0.1) is 0 Å². The molecule has 0 fully saturated rings. The average molecular weight is 595 g/mol. The van der Waals surface area contributed by atoms with Gasteiger partial charge in [0.25, 0.3) is 0 Å². The second-order valence-electron chi connectivity index (χ2n) is 11.3. The van der Waals surface area contributed by atoms with Gasteiger partial charge >= 0.3 is 0 Å². The van der Waals surface area contributed by atoms with Crippen molar-refractivity contribution in [2.75, 3.05) is 0 Å². The average Bonchev–Trinajstić information content (AvgIpc) is 3.67. The maximum Gasteiger partial charge on any atom is 0.0449 e. The summed E-state index contributed by atoms with van der Waals surface area (Å²) >= 11 is 3.85. The number of hydrogen-bond acceptors (Lipinski definition) is 2. The molecule has 7 aromatic carbocycles. The van der Waals surface area contributed by atoms with E-state index in [1.165, 1.54) is 84.9 Å². The molecule has 0 unspecified atom stereocenters. The van der Waals surface area contributed by atoms with E-state index in [-0.39, 0.29) is 0 Å². The van der Waals surface area contributed by atoms with Gasteiger partial charge in [0.1, 0.15) is 0 Å². The van der Waals surface area contributed by atoms with E-state index in [9.17, 15) is 0 Å². The zero-order valence-electron chi connectivity index (χ0n) is 23.8. The molecule has 0 aliphatic carbocycles. The van der Waals surface area contributed by atoms with Crippen molar-refractivity contribution >= 4 is 63.0 Å². The third-order valence-corrected chi connectivity index (χ3v) is 11.1. The Kier molecular flexibility index (Phi) is 5.97. The fourth-order valence-corrected chi connectivity index (χ4v) is 9.02. The lowest BCUT2D eigenvalue weighted by Gasteiger charge is -2.09. The zero-order valence-corrected chi connectivity index (χ0v) is 25.5. The fraction of sp³-hybridized carbons (Fsp3) is 0. The number of rotatable bonds is 4. The molecule has 9 rings (SSSR count). The zero-order chi connectivity index (χ0) is 29.0. The molecule has 0 N–H and O–H groups in total. The van der Waals surface area contributed by atoms with E-state index in [1.807, 2.05) is 22.7 Å². The lowest BCUT2D eigenvalue weighted by atomic mass is 9.95. The lowest BCUT2D eigenvalue weighted by molar-refractivity contribution is 1.61. The van der Waals surface area contributed by atoms with E-state index in [0.29, 0.717) is 0 Å². The van der Waals surface area contributed by atoms with Crippen molar-refractivity contribution in [2.24, 2.45) is 0 Å². The fourth-order valence-electron chi connectivity index (χ4n) is 6.50. The first-order valence-corrected chi connectivity index (χ1v) is 16.6. The smallest absolute Gasteiger partial charge is 0.0449 e. The van der Waals surface area contributed by atoms with Gasteiger partial charge in [0.2, 0.25) is 0 Å². The van der Waals surface area contributed by atoms with Gasteiger partial charge in [-0.2, -0.15) is 0 Å². The van der Waals surface area contributed by atoms with Gasteiger partial charge in [-0.15, -0.1) is 22.7 Å². The Balaban J connectivity index is 1.37. The molecule has 0 bridgehead atoms. The maximum atomic E-state index is 2.46. The van der Waals surface area contributed by atoms with Crippen LogP contribution in [-0.4, -0.2) is 0 Å². The molecule has 0 spiro atoms. The van der Waals surface area contributed by atoms with Crippen LogP contribution in [-0.2, 0) is 0 Å². The highest BCUT2D eigenvalue weighted by Crippen LogP contribution is 2.50. The highest BCUT2D eigenvalue weighted by molar-refractivity contribution is 7.30. The van der Waals surface area contributed by atoms with Gasteiger partial charge in [0.15, 0.2) is 0 Å². The molecule has 0 saturated heterocycles. The first kappa shape index (κ1) is 25.5. The van der Waals surface area contributed by atoms with Crippen LogP contribution in [0.25, 0.3) is 84.9 Å². The maximum absolute atomic E-state index is 2.46. The Labute approximate surface area is 264 Å². The van der Waals surface area contributed by atoms with Crippen LogP contribution in [0.2, 0.25) is 0 Å². The largest absolute Gasteiger partial charge is 0.134 e. The van der Waals surface area contributed by atoms with Crippen molar-refractivity contribution in [1.29, 1.82) is 0 Å². The van der Waals surface area contributed by atoms with Gasteiger partial charge in [-0.25, -0.2) is 0 Å². The third kappa shape index (κ3) is 4.18. The standard InChI is InChI=1S/C42H26S2/c1-4-11-27(12-5-1)30-17-10-18-33(23-30)34-26-36-35-24-31(28-13-6-2-7-14-28)19-21-38(35)43-42(36)40-37-25-32(29-15-8-3-9-16-29)20-22-39(37)44-41(34)40/h1-26H. The summed E-state index contributed by atoms with van der Waals surface area (Å²) in [5.74, 6) is 0. The molecule has 0 saturated carbocycles. The highest BCUT2D eigenvalue weighted by Gasteiger charge is 2.19. The summed E-state index contributed by atoms with van der Waals surface area (Å²) in [4.78, 5) is 0. The Hall–Kier alpha value is -5.02. The number of hydrogen-bond donors (Lipinski definition) is 0. The van der Waals surface area contributed by atoms with E-state index in [4.69, 9.17) is 0 Å². The van der Waals surface area contributed by atoms with Gasteiger partial charge < -0.3 is 0 Å². The molecule has 44 heavy (non-hydrogen) atoms. The molecule has 2 heteroatoms. The van der Waals surface area contributed by atoms with Crippen LogP contribution in [0, 0.1) is 0 Å². The molecular weight excluding hydrogens is 569 g/mol. The predicted octanol–water partition coefficient (Wildman–Crippen LogP) is 13.1. The van der Waals surface area contributed by atoms with Crippen LogP contribution < -0.4 is 0 Å². The third-order valence-electron chi connectivity index (χ3n) is 8.67. The number of benzene rings is 7. The summed E-state index contributed by atoms with van der Waals surface area (Å²) < 4.78 is 5.39. The minimum Gasteiger partial charge on any atom is -0.134 e. The summed E-state index contributed by atoms with van der Waals surface area (Å²) in [7, 11) is 0. The SMILES string of the molecule is c1ccc(-c2cccc(-c3cc4c5cc(-c6ccccc6)ccc5sc4c4c3sc3ccc(-c5ccccc5)cc34)c2)cc1. The van der Waals surface area contributed by atoms with Crippen LogP contribution in [0.5, 0.6) is 0 Å². The van der Waals surface area contributed by atoms with E-state index < -0.39 is 0 Å². The van der Waals surface area contributed by atoms with Crippen LogP contribution in [0.15, 0.2) is 158 Å². The summed E-state index contributed by atoms with van der Waals surface area (Å²) in [6, 6.07) is 57.7. The molecule has 0 atom stereocenters. The first-order chi connectivity index (χ1) is 21.8. The van der Waals surface area contributed by atoms with Crippen molar-refractivity contribution in [3.63, 3.8) is 0 Å². The van der Waals surface area contributed by atoms with Gasteiger partial charge in [0, 0.05) is 45.9 Å². The van der Waals surface area contributed by atoms with E-state index in [2.05, 4.69) is 158 Å². The molecule has 0 amide bonds. The lowest BCUT2D eigenvalue weighted by Crippen LogP contribution is -1.83. The molecule has 206 valence electrons. The molecular formula is C42H26S2. The second-order valence-corrected chi connectivity index (χ2v) is 13.4. The monoisotopic (exact) mass is 594 g/mol. The number of fused-ring (bicyclic) bond motifs is 7. The van der Waals surface area contributed by atoms with Crippen molar-refractivity contribution in [3.05, 3.63) is 158 Å². The molecule has 0 nitrogen and oxygen atoms in total. The Morgan fingerprint density at radius 2 is 0.773 bits per heavy atom. The van der Waals surface area contributed by atoms with Crippen molar-refractivity contribution in [1.82, 2.24) is 0 Å². The predicted molar refractivity (Wildman–Crippen MR) is 194 cm³/mol. The van der Waals surface area contributed by atoms with Crippen molar-refractivity contribution in [2.45, 2.75) is 0 Å². The summed E-state index contributed by atoms with van der Waals surface area (Å²) in [5.41, 5.74) is 10.1. The molecule has 9 aromatic rings. The Morgan fingerprint density at radius 3 is 1.39 bits per heavy atom. The van der Waals surface area contributed by atoms with Gasteiger partial charge in [-0.1, -0.05) is 121 Å². The normalized spacial score (nSPS) is 11.6. The van der Waals surface area contributed by atoms with E-state index in [0.717, 1.165) is 0 Å². The molecule has 2 heterocycles. The number of thiophene rings is 2. The highest BCUT2D eigenvalue weighted by atomic mass is 32.1. The van der Waals surface area contributed by atoms with Crippen LogP contribution in [0.4, 0.5) is 0 Å². The first-order valence-electron chi connectivity index (χ1n) is 14.9. The minimum atomic E-state index is 1.24. The second kappa shape index (κ2) is 10.3. The summed E-state index contributed by atoms with van der Waals surface area (Å²) in [6.07, 6.45) is 0. The topological polar surface area (TPSA) is 0 Å². The van der Waals surface area contributed by atoms with Crippen molar-refractivity contribution in [3.8, 4) is 44.5 Å². The van der Waals surface area contributed by atoms with Gasteiger partial charge in [-0.3, -0.25) is 0 Å². The summed E-state index contributed by atoms with van der Waals surface area (Å²) in [6.45, 7) is 0.